The Morgan fingerprint density at radius 3 is 2.35 bits per heavy atom. The zero-order valence-electron chi connectivity index (χ0n) is 23.6. The van der Waals surface area contributed by atoms with Crippen LogP contribution in [0.3, 0.4) is 0 Å². The van der Waals surface area contributed by atoms with E-state index in [1.807, 2.05) is 0 Å². The molecule has 7 rings (SSSR count). The van der Waals surface area contributed by atoms with Crippen molar-refractivity contribution in [1.29, 1.82) is 0 Å². The molecule has 0 atom stereocenters. The first-order valence-electron chi connectivity index (χ1n) is 14.2. The summed E-state index contributed by atoms with van der Waals surface area (Å²) >= 11 is 0. The van der Waals surface area contributed by atoms with Crippen LogP contribution in [-0.2, 0) is 6.42 Å². The van der Waals surface area contributed by atoms with Crippen molar-refractivity contribution in [2.45, 2.75) is 47.0 Å². The molecule has 0 unspecified atom stereocenters. The summed E-state index contributed by atoms with van der Waals surface area (Å²) in [7, 11) is 0. The van der Waals surface area contributed by atoms with Crippen LogP contribution in [0, 0.1) is 18.7 Å². The molecule has 0 spiro atoms. The number of pyridine rings is 1. The van der Waals surface area contributed by atoms with Gasteiger partial charge < -0.3 is 4.42 Å². The molecule has 5 aromatic carbocycles. The Morgan fingerprint density at radius 1 is 0.750 bits per heavy atom. The molecule has 0 aliphatic rings. The number of rotatable bonds is 4. The van der Waals surface area contributed by atoms with Crippen molar-refractivity contribution >= 4 is 54.4 Å². The first kappa shape index (κ1) is 24.8. The van der Waals surface area contributed by atoms with E-state index in [4.69, 9.17) is 9.40 Å². The molecular weight excluding hydrogens is 493 g/mol. The Bertz CT molecular complexity index is 2120. The van der Waals surface area contributed by atoms with Gasteiger partial charge in [0, 0.05) is 21.7 Å². The second-order valence-corrected chi connectivity index (χ2v) is 11.9. The lowest BCUT2D eigenvalue weighted by atomic mass is 9.92. The largest absolute Gasteiger partial charge is 0.453 e. The van der Waals surface area contributed by atoms with Gasteiger partial charge in [-0.2, -0.15) is 0 Å². The first-order valence-corrected chi connectivity index (χ1v) is 14.2. The van der Waals surface area contributed by atoms with Gasteiger partial charge in [-0.15, -0.1) is 0 Å². The minimum atomic E-state index is -0.193. The van der Waals surface area contributed by atoms with Crippen LogP contribution in [0.1, 0.15) is 50.3 Å². The van der Waals surface area contributed by atoms with Crippen LogP contribution in [0.25, 0.3) is 65.6 Å². The third-order valence-electron chi connectivity index (χ3n) is 8.22. The summed E-state index contributed by atoms with van der Waals surface area (Å²) in [5.74, 6) is 0.645. The molecule has 2 aromatic heterocycles. The van der Waals surface area contributed by atoms with Crippen molar-refractivity contribution in [2.75, 3.05) is 0 Å². The minimum absolute atomic E-state index is 0.193. The second-order valence-electron chi connectivity index (χ2n) is 11.9. The number of benzene rings is 5. The van der Waals surface area contributed by atoms with Crippen molar-refractivity contribution in [3.8, 4) is 11.3 Å². The van der Waals surface area contributed by atoms with Crippen molar-refractivity contribution in [3.63, 3.8) is 0 Å². The number of furan rings is 1. The maximum absolute atomic E-state index is 14.9. The molecule has 0 saturated heterocycles. The molecule has 0 radical (unpaired) electrons. The zero-order chi connectivity index (χ0) is 27.7. The van der Waals surface area contributed by atoms with Crippen LogP contribution in [-0.4, -0.2) is 4.98 Å². The van der Waals surface area contributed by atoms with E-state index in [0.717, 1.165) is 83.2 Å². The van der Waals surface area contributed by atoms with E-state index >= 15 is 0 Å². The Balaban J connectivity index is 1.57. The predicted octanol–water partition coefficient (Wildman–Crippen LogP) is 10.9. The number of halogens is 1. The van der Waals surface area contributed by atoms with Gasteiger partial charge in [-0.05, 0) is 87.7 Å². The van der Waals surface area contributed by atoms with Crippen LogP contribution in [0.4, 0.5) is 4.39 Å². The molecule has 0 bridgehead atoms. The van der Waals surface area contributed by atoms with Gasteiger partial charge >= 0.3 is 0 Å². The Morgan fingerprint density at radius 2 is 1.55 bits per heavy atom. The summed E-state index contributed by atoms with van der Waals surface area (Å²) in [5.41, 5.74) is 7.84. The molecule has 0 fully saturated rings. The quantitative estimate of drug-likeness (QED) is 0.214. The maximum atomic E-state index is 14.9. The third kappa shape index (κ3) is 3.87. The molecule has 7 aromatic rings. The van der Waals surface area contributed by atoms with E-state index < -0.39 is 0 Å². The molecule has 2 heterocycles. The predicted molar refractivity (Wildman–Crippen MR) is 167 cm³/mol. The lowest BCUT2D eigenvalue weighted by Crippen LogP contribution is -1.97. The number of hydrogen-bond donors (Lipinski definition) is 0. The van der Waals surface area contributed by atoms with Crippen molar-refractivity contribution in [1.82, 2.24) is 4.98 Å². The topological polar surface area (TPSA) is 26.0 Å². The summed E-state index contributed by atoms with van der Waals surface area (Å²) < 4.78 is 21.5. The maximum Gasteiger partial charge on any atom is 0.162 e. The zero-order valence-corrected chi connectivity index (χ0v) is 23.6. The molecule has 40 heavy (non-hydrogen) atoms. The summed E-state index contributed by atoms with van der Waals surface area (Å²) in [5, 5.41) is 7.45. The molecular formula is C37H32FNO. The molecule has 3 heteroatoms. The molecule has 0 N–H and O–H groups in total. The van der Waals surface area contributed by atoms with Gasteiger partial charge in [-0.3, -0.25) is 0 Å². The summed E-state index contributed by atoms with van der Waals surface area (Å²) in [4.78, 5) is 5.24. The Hall–Kier alpha value is -4.24. The van der Waals surface area contributed by atoms with Crippen molar-refractivity contribution in [2.24, 2.45) is 5.92 Å². The summed E-state index contributed by atoms with van der Waals surface area (Å²) in [6, 6.07) is 27.0. The highest BCUT2D eigenvalue weighted by Crippen LogP contribution is 2.42. The number of hydrogen-bond acceptors (Lipinski definition) is 2. The lowest BCUT2D eigenvalue weighted by molar-refractivity contribution is 0.616. The van der Waals surface area contributed by atoms with Gasteiger partial charge in [-0.1, -0.05) is 82.3 Å². The fraction of sp³-hybridized carbons (Fsp3) is 0.216. The van der Waals surface area contributed by atoms with E-state index in [1.54, 1.807) is 12.1 Å². The number of para-hydroxylation sites is 1. The van der Waals surface area contributed by atoms with Gasteiger partial charge in [-0.25, -0.2) is 9.37 Å². The highest BCUT2D eigenvalue weighted by molar-refractivity contribution is 6.21. The SMILES string of the molecule is Cc1cccc2c1oc1c(-c3ccc4ccc5c(CC(C)C)cc(F)cc5c4c3)nc3cc(C(C)C)ccc3c12. The average Bonchev–Trinajstić information content (AvgIpc) is 3.33. The molecule has 0 aliphatic heterocycles. The smallest absolute Gasteiger partial charge is 0.162 e. The van der Waals surface area contributed by atoms with Crippen LogP contribution in [0.5, 0.6) is 0 Å². The number of aromatic nitrogens is 1. The van der Waals surface area contributed by atoms with E-state index in [2.05, 4.69) is 101 Å². The minimum Gasteiger partial charge on any atom is -0.453 e. The van der Waals surface area contributed by atoms with E-state index in [9.17, 15) is 4.39 Å². The molecule has 0 amide bonds. The van der Waals surface area contributed by atoms with Gasteiger partial charge in [0.1, 0.15) is 17.1 Å². The number of fused-ring (bicyclic) bond motifs is 8. The van der Waals surface area contributed by atoms with Crippen molar-refractivity contribution < 1.29 is 8.81 Å². The van der Waals surface area contributed by atoms with Crippen LogP contribution < -0.4 is 0 Å². The van der Waals surface area contributed by atoms with Gasteiger partial charge in [0.05, 0.1) is 5.52 Å². The highest BCUT2D eigenvalue weighted by Gasteiger charge is 2.20. The number of nitrogens with zero attached hydrogens (tertiary/aromatic N) is 1. The summed E-state index contributed by atoms with van der Waals surface area (Å²) in [6.45, 7) is 10.8. The highest BCUT2D eigenvalue weighted by atomic mass is 19.1. The van der Waals surface area contributed by atoms with Gasteiger partial charge in [0.15, 0.2) is 5.58 Å². The standard InChI is InChI=1S/C37H32FNO/c1-20(2)15-26-16-27(38)19-32-28(26)13-11-23-9-10-25(17-31(23)32)35-37-34(30-8-6-7-22(5)36(30)40-37)29-14-12-24(21(3)4)18-33(29)39-35/h6-14,16-21H,15H2,1-5H3. The van der Waals surface area contributed by atoms with E-state index in [0.29, 0.717) is 11.8 Å². The van der Waals surface area contributed by atoms with Crippen LogP contribution in [0.15, 0.2) is 83.3 Å². The lowest BCUT2D eigenvalue weighted by Gasteiger charge is -2.13. The fourth-order valence-corrected chi connectivity index (χ4v) is 6.23. The van der Waals surface area contributed by atoms with Gasteiger partial charge in [0.25, 0.3) is 0 Å². The summed E-state index contributed by atoms with van der Waals surface area (Å²) in [6.07, 6.45) is 0.836. The third-order valence-corrected chi connectivity index (χ3v) is 8.22. The Kier molecular flexibility index (Phi) is 5.67. The van der Waals surface area contributed by atoms with Gasteiger partial charge in [0.2, 0.25) is 0 Å². The van der Waals surface area contributed by atoms with Crippen LogP contribution >= 0.6 is 0 Å². The monoisotopic (exact) mass is 525 g/mol. The molecule has 2 nitrogen and oxygen atoms in total. The van der Waals surface area contributed by atoms with Crippen molar-refractivity contribution in [3.05, 3.63) is 101 Å². The molecule has 0 saturated carbocycles. The second kappa shape index (κ2) is 9.16. The van der Waals surface area contributed by atoms with E-state index in [-0.39, 0.29) is 5.82 Å². The fourth-order valence-electron chi connectivity index (χ4n) is 6.23. The van der Waals surface area contributed by atoms with Crippen LogP contribution in [0.2, 0.25) is 0 Å². The Labute approximate surface area is 233 Å². The number of aryl methyl sites for hydroxylation is 1. The molecule has 198 valence electrons. The molecule has 0 aliphatic carbocycles. The van der Waals surface area contributed by atoms with E-state index in [1.165, 1.54) is 5.56 Å². The first-order chi connectivity index (χ1) is 19.3. The normalized spacial score (nSPS) is 12.3. The average molecular weight is 526 g/mol.